The van der Waals surface area contributed by atoms with Gasteiger partial charge in [-0.2, -0.15) is 0 Å². The molecule has 3 nitrogen and oxygen atoms in total. The van der Waals surface area contributed by atoms with E-state index in [1.807, 2.05) is 0 Å². The normalized spacial score (nSPS) is 35.3. The van der Waals surface area contributed by atoms with Crippen molar-refractivity contribution >= 4 is 5.97 Å². The lowest BCUT2D eigenvalue weighted by atomic mass is 9.81. The van der Waals surface area contributed by atoms with Gasteiger partial charge in [0.25, 0.3) is 0 Å². The molecule has 0 amide bonds. The molecule has 0 radical (unpaired) electrons. The zero-order valence-electron chi connectivity index (χ0n) is 12.5. The van der Waals surface area contributed by atoms with Crippen molar-refractivity contribution in [1.29, 1.82) is 0 Å². The first-order chi connectivity index (χ1) is 9.22. The van der Waals surface area contributed by atoms with Crippen molar-refractivity contribution in [3.8, 4) is 0 Å². The monoisotopic (exact) mass is 267 g/mol. The first-order valence-corrected chi connectivity index (χ1v) is 8.13. The summed E-state index contributed by atoms with van der Waals surface area (Å²) in [6.45, 7) is 6.14. The zero-order chi connectivity index (χ0) is 13.7. The average molecular weight is 267 g/mol. The summed E-state index contributed by atoms with van der Waals surface area (Å²) in [4.78, 5) is 12.6. The van der Waals surface area contributed by atoms with E-state index < -0.39 is 0 Å². The third kappa shape index (κ3) is 3.31. The van der Waals surface area contributed by atoms with Gasteiger partial charge in [-0.05, 0) is 51.0 Å². The number of ether oxygens (including phenoxy) is 1. The minimum Gasteiger partial charge on any atom is -0.462 e. The number of nitrogens with one attached hydrogen (secondary N) is 1. The molecule has 2 fully saturated rings. The topological polar surface area (TPSA) is 38.3 Å². The molecule has 1 saturated heterocycles. The average Bonchev–Trinajstić information content (AvgIpc) is 2.90. The van der Waals surface area contributed by atoms with Gasteiger partial charge in [0.15, 0.2) is 0 Å². The maximum absolute atomic E-state index is 12.6. The van der Waals surface area contributed by atoms with Crippen LogP contribution in [0.15, 0.2) is 0 Å². The van der Waals surface area contributed by atoms with E-state index >= 15 is 0 Å². The molecule has 1 saturated carbocycles. The summed E-state index contributed by atoms with van der Waals surface area (Å²) in [6.07, 6.45) is 9.09. The molecule has 0 aromatic rings. The van der Waals surface area contributed by atoms with Crippen LogP contribution in [0.3, 0.4) is 0 Å². The predicted molar refractivity (Wildman–Crippen MR) is 77.0 cm³/mol. The summed E-state index contributed by atoms with van der Waals surface area (Å²) in [5.74, 6) is 0.662. The van der Waals surface area contributed by atoms with Crippen molar-refractivity contribution in [3.05, 3.63) is 0 Å². The van der Waals surface area contributed by atoms with Crippen molar-refractivity contribution in [2.45, 2.75) is 71.3 Å². The molecular weight excluding hydrogens is 238 g/mol. The summed E-state index contributed by atoms with van der Waals surface area (Å²) in [5.41, 5.74) is -0.232. The highest BCUT2D eigenvalue weighted by molar-refractivity contribution is 5.77. The van der Waals surface area contributed by atoms with Crippen molar-refractivity contribution in [1.82, 2.24) is 5.32 Å². The van der Waals surface area contributed by atoms with Crippen LogP contribution in [0, 0.1) is 11.3 Å². The largest absolute Gasteiger partial charge is 0.462 e. The Morgan fingerprint density at radius 1 is 1.32 bits per heavy atom. The molecule has 1 aliphatic heterocycles. The molecule has 3 unspecified atom stereocenters. The second-order valence-electron chi connectivity index (χ2n) is 6.35. The summed E-state index contributed by atoms with van der Waals surface area (Å²) < 4.78 is 5.96. The molecule has 0 spiro atoms. The van der Waals surface area contributed by atoms with Gasteiger partial charge in [-0.3, -0.25) is 4.79 Å². The number of rotatable bonds is 5. The van der Waals surface area contributed by atoms with Crippen LogP contribution < -0.4 is 5.32 Å². The second kappa shape index (κ2) is 6.74. The third-order valence-electron chi connectivity index (χ3n) is 5.03. The number of hydrogen-bond donors (Lipinski definition) is 1. The van der Waals surface area contributed by atoms with Gasteiger partial charge in [-0.25, -0.2) is 0 Å². The standard InChI is InChI=1S/C16H29NO2/c1-3-9-16(10-11-17-12-16)15(18)19-14-8-6-5-7-13(14)4-2/h13-14,17H,3-12H2,1-2H3. The Balaban J connectivity index is 1.98. The molecular formula is C16H29NO2. The van der Waals surface area contributed by atoms with Crippen molar-refractivity contribution < 1.29 is 9.53 Å². The number of carbonyl (C=O) groups excluding carboxylic acids is 1. The lowest BCUT2D eigenvalue weighted by Crippen LogP contribution is -2.40. The molecule has 2 aliphatic rings. The highest BCUT2D eigenvalue weighted by Crippen LogP contribution is 2.36. The first kappa shape index (κ1) is 14.8. The first-order valence-electron chi connectivity index (χ1n) is 8.13. The summed E-state index contributed by atoms with van der Waals surface area (Å²) in [5, 5.41) is 3.34. The predicted octanol–water partition coefficient (Wildman–Crippen LogP) is 3.28. The minimum absolute atomic E-state index is 0.0738. The van der Waals surface area contributed by atoms with Crippen LogP contribution in [-0.4, -0.2) is 25.2 Å². The Morgan fingerprint density at radius 2 is 2.11 bits per heavy atom. The second-order valence-corrected chi connectivity index (χ2v) is 6.35. The van der Waals surface area contributed by atoms with Gasteiger partial charge in [-0.1, -0.05) is 26.7 Å². The molecule has 110 valence electrons. The maximum Gasteiger partial charge on any atom is 0.313 e. The van der Waals surface area contributed by atoms with E-state index in [0.717, 1.165) is 45.2 Å². The van der Waals surface area contributed by atoms with Crippen molar-refractivity contribution in [2.24, 2.45) is 11.3 Å². The van der Waals surface area contributed by atoms with Crippen molar-refractivity contribution in [3.63, 3.8) is 0 Å². The Kier molecular flexibility index (Phi) is 5.26. The Labute approximate surface area is 117 Å². The Morgan fingerprint density at radius 3 is 2.74 bits per heavy atom. The minimum atomic E-state index is -0.232. The number of esters is 1. The van der Waals surface area contributed by atoms with Crippen LogP contribution in [0.4, 0.5) is 0 Å². The van der Waals surface area contributed by atoms with Gasteiger partial charge >= 0.3 is 5.97 Å². The summed E-state index contributed by atoms with van der Waals surface area (Å²) in [6, 6.07) is 0. The molecule has 1 N–H and O–H groups in total. The van der Waals surface area contributed by atoms with E-state index in [1.54, 1.807) is 0 Å². The lowest BCUT2D eigenvalue weighted by Gasteiger charge is -2.34. The molecule has 3 heteroatoms. The molecule has 19 heavy (non-hydrogen) atoms. The van der Waals surface area contributed by atoms with Crippen LogP contribution in [0.1, 0.15) is 65.2 Å². The van der Waals surface area contributed by atoms with Crippen LogP contribution >= 0.6 is 0 Å². The molecule has 2 rings (SSSR count). The van der Waals surface area contributed by atoms with Gasteiger partial charge in [0, 0.05) is 6.54 Å². The third-order valence-corrected chi connectivity index (χ3v) is 5.03. The fraction of sp³-hybridized carbons (Fsp3) is 0.938. The fourth-order valence-corrected chi connectivity index (χ4v) is 3.77. The van der Waals surface area contributed by atoms with Gasteiger partial charge in [0.2, 0.25) is 0 Å². The molecule has 3 atom stereocenters. The summed E-state index contributed by atoms with van der Waals surface area (Å²) in [7, 11) is 0. The van der Waals surface area contributed by atoms with Gasteiger partial charge in [0.05, 0.1) is 5.41 Å². The van der Waals surface area contributed by atoms with Crippen LogP contribution in [0.25, 0.3) is 0 Å². The smallest absolute Gasteiger partial charge is 0.313 e. The van der Waals surface area contributed by atoms with Gasteiger partial charge in [0.1, 0.15) is 6.10 Å². The molecule has 0 bridgehead atoms. The van der Waals surface area contributed by atoms with E-state index in [4.69, 9.17) is 4.74 Å². The Hall–Kier alpha value is -0.570. The Bertz CT molecular complexity index is 297. The highest BCUT2D eigenvalue weighted by Gasteiger charge is 2.43. The van der Waals surface area contributed by atoms with E-state index in [0.29, 0.717) is 5.92 Å². The molecule has 0 aromatic carbocycles. The van der Waals surface area contributed by atoms with E-state index in [9.17, 15) is 4.79 Å². The van der Waals surface area contributed by atoms with E-state index in [-0.39, 0.29) is 17.5 Å². The van der Waals surface area contributed by atoms with Gasteiger partial charge < -0.3 is 10.1 Å². The molecule has 1 heterocycles. The maximum atomic E-state index is 12.6. The summed E-state index contributed by atoms with van der Waals surface area (Å²) >= 11 is 0. The lowest BCUT2D eigenvalue weighted by molar-refractivity contribution is -0.165. The van der Waals surface area contributed by atoms with Crippen LogP contribution in [0.2, 0.25) is 0 Å². The van der Waals surface area contributed by atoms with Crippen molar-refractivity contribution in [2.75, 3.05) is 13.1 Å². The van der Waals surface area contributed by atoms with Gasteiger partial charge in [-0.15, -0.1) is 0 Å². The zero-order valence-corrected chi connectivity index (χ0v) is 12.5. The SMILES string of the molecule is CCCC1(C(=O)OC2CCCCC2CC)CCNC1. The number of carbonyl (C=O) groups is 1. The van der Waals surface area contributed by atoms with E-state index in [2.05, 4.69) is 19.2 Å². The van der Waals surface area contributed by atoms with E-state index in [1.165, 1.54) is 19.3 Å². The van der Waals surface area contributed by atoms with Crippen LogP contribution in [0.5, 0.6) is 0 Å². The number of hydrogen-bond acceptors (Lipinski definition) is 3. The highest BCUT2D eigenvalue weighted by atomic mass is 16.5. The van der Waals surface area contributed by atoms with Crippen LogP contribution in [-0.2, 0) is 9.53 Å². The molecule has 1 aliphatic carbocycles. The quantitative estimate of drug-likeness (QED) is 0.777. The molecule has 0 aromatic heterocycles. The fourth-order valence-electron chi connectivity index (χ4n) is 3.77.